The molecule has 1 aromatic carbocycles. The van der Waals surface area contributed by atoms with Gasteiger partial charge >= 0.3 is 0 Å². The van der Waals surface area contributed by atoms with Crippen LogP contribution in [0.5, 0.6) is 0 Å². The zero-order valence-corrected chi connectivity index (χ0v) is 15.3. The number of likely N-dealkylation sites (tertiary alicyclic amines) is 1. The third-order valence-corrected chi connectivity index (χ3v) is 5.45. The van der Waals surface area contributed by atoms with Crippen molar-refractivity contribution in [2.75, 3.05) is 19.7 Å². The number of amides is 1. The normalized spacial score (nSPS) is 19.9. The summed E-state index contributed by atoms with van der Waals surface area (Å²) in [5.41, 5.74) is 0.709. The van der Waals surface area contributed by atoms with Gasteiger partial charge in [-0.1, -0.05) is 12.1 Å². The van der Waals surface area contributed by atoms with E-state index in [9.17, 15) is 18.7 Å². The summed E-state index contributed by atoms with van der Waals surface area (Å²) in [4.78, 5) is 19.0. The van der Waals surface area contributed by atoms with Crippen molar-refractivity contribution in [3.63, 3.8) is 0 Å². The Labute approximate surface area is 161 Å². The summed E-state index contributed by atoms with van der Waals surface area (Å²) >= 11 is 0. The number of pyridine rings is 1. The second-order valence-corrected chi connectivity index (χ2v) is 7.49. The molecule has 1 aliphatic heterocycles. The maximum Gasteiger partial charge on any atom is 0.274 e. The fourth-order valence-electron chi connectivity index (χ4n) is 3.98. The van der Waals surface area contributed by atoms with Crippen LogP contribution in [0.4, 0.5) is 8.78 Å². The van der Waals surface area contributed by atoms with Gasteiger partial charge in [0.05, 0.1) is 6.61 Å². The van der Waals surface area contributed by atoms with Gasteiger partial charge in [0, 0.05) is 37.0 Å². The molecule has 5 nitrogen and oxygen atoms in total. The predicted octanol–water partition coefficient (Wildman–Crippen LogP) is 3.07. The zero-order chi connectivity index (χ0) is 19.7. The van der Waals surface area contributed by atoms with Gasteiger partial charge in [0.1, 0.15) is 23.0 Å². The van der Waals surface area contributed by atoms with E-state index in [1.165, 1.54) is 12.1 Å². The average Bonchev–Trinajstić information content (AvgIpc) is 3.14. The quantitative estimate of drug-likeness (QED) is 0.751. The third-order valence-electron chi connectivity index (χ3n) is 5.45. The van der Waals surface area contributed by atoms with Crippen LogP contribution in [0, 0.1) is 17.0 Å². The van der Waals surface area contributed by atoms with E-state index in [1.807, 2.05) is 24.4 Å². The summed E-state index contributed by atoms with van der Waals surface area (Å²) < 4.78 is 29.1. The Morgan fingerprint density at radius 3 is 2.86 bits per heavy atom. The number of aromatic nitrogens is 2. The lowest BCUT2D eigenvalue weighted by atomic mass is 9.75. The number of carbonyl (C=O) groups excluding carboxylic acids is 1. The van der Waals surface area contributed by atoms with Crippen molar-refractivity contribution in [3.8, 4) is 0 Å². The second-order valence-electron chi connectivity index (χ2n) is 7.49. The van der Waals surface area contributed by atoms with Crippen molar-refractivity contribution < 1.29 is 18.7 Å². The first-order valence-corrected chi connectivity index (χ1v) is 9.27. The monoisotopic (exact) mass is 385 g/mol. The summed E-state index contributed by atoms with van der Waals surface area (Å²) in [7, 11) is 0. The van der Waals surface area contributed by atoms with Crippen LogP contribution in [0.3, 0.4) is 0 Å². The number of rotatable bonds is 4. The predicted molar refractivity (Wildman–Crippen MR) is 99.9 cm³/mol. The maximum absolute atomic E-state index is 14.1. The average molecular weight is 385 g/mol. The molecule has 0 saturated carbocycles. The number of piperidine rings is 1. The molecule has 0 radical (unpaired) electrons. The van der Waals surface area contributed by atoms with Crippen molar-refractivity contribution in [2.24, 2.45) is 5.41 Å². The highest BCUT2D eigenvalue weighted by Crippen LogP contribution is 2.34. The van der Waals surface area contributed by atoms with E-state index in [4.69, 9.17) is 0 Å². The van der Waals surface area contributed by atoms with Gasteiger partial charge in [-0.15, -0.1) is 0 Å². The molecular formula is C21H21F2N3O2. The molecule has 1 aliphatic rings. The topological polar surface area (TPSA) is 57.8 Å². The standard InChI is InChI=1S/C21H21F2N3O2/c22-16-6-5-15(17(23)10-16)11-21(14-27)7-3-9-26(13-21)20(28)18-12-25-8-2-1-4-19(25)24-18/h1-2,4-6,8,10,12,27H,3,7,9,11,13-14H2. The number of benzene rings is 1. The number of hydrogen-bond donors (Lipinski definition) is 1. The summed E-state index contributed by atoms with van der Waals surface area (Å²) in [6.07, 6.45) is 5.11. The number of imidazole rings is 1. The molecule has 1 fully saturated rings. The van der Waals surface area contributed by atoms with Gasteiger partial charge in [-0.25, -0.2) is 13.8 Å². The van der Waals surface area contributed by atoms with E-state index in [1.54, 1.807) is 15.5 Å². The van der Waals surface area contributed by atoms with Crippen LogP contribution in [0.1, 0.15) is 28.9 Å². The van der Waals surface area contributed by atoms with E-state index in [-0.39, 0.29) is 18.9 Å². The first-order chi connectivity index (χ1) is 13.5. The molecule has 1 unspecified atom stereocenters. The summed E-state index contributed by atoms with van der Waals surface area (Å²) in [5.74, 6) is -1.47. The smallest absolute Gasteiger partial charge is 0.274 e. The van der Waals surface area contributed by atoms with Crippen LogP contribution in [-0.4, -0.2) is 45.0 Å². The van der Waals surface area contributed by atoms with Crippen LogP contribution >= 0.6 is 0 Å². The molecule has 0 spiro atoms. The molecule has 2 aromatic heterocycles. The Morgan fingerprint density at radius 1 is 1.25 bits per heavy atom. The molecule has 146 valence electrons. The maximum atomic E-state index is 14.1. The highest BCUT2D eigenvalue weighted by atomic mass is 19.1. The number of carbonyl (C=O) groups is 1. The Morgan fingerprint density at radius 2 is 2.11 bits per heavy atom. The number of hydrogen-bond acceptors (Lipinski definition) is 3. The van der Waals surface area contributed by atoms with Crippen molar-refractivity contribution >= 4 is 11.6 Å². The SMILES string of the molecule is O=C(c1cn2ccccc2n1)N1CCCC(CO)(Cc2ccc(F)cc2F)C1. The highest BCUT2D eigenvalue weighted by molar-refractivity contribution is 5.93. The molecule has 0 bridgehead atoms. The molecule has 1 saturated heterocycles. The van der Waals surface area contributed by atoms with Crippen LogP contribution in [0.2, 0.25) is 0 Å². The number of fused-ring (bicyclic) bond motifs is 1. The first kappa shape index (κ1) is 18.6. The van der Waals surface area contributed by atoms with Gasteiger partial charge < -0.3 is 14.4 Å². The molecule has 4 rings (SSSR count). The molecule has 3 heterocycles. The Hall–Kier alpha value is -2.80. The van der Waals surface area contributed by atoms with Gasteiger partial charge in [-0.3, -0.25) is 4.79 Å². The summed E-state index contributed by atoms with van der Waals surface area (Å²) in [6, 6.07) is 9.01. The largest absolute Gasteiger partial charge is 0.396 e. The van der Waals surface area contributed by atoms with Crippen molar-refractivity contribution in [2.45, 2.75) is 19.3 Å². The van der Waals surface area contributed by atoms with E-state index >= 15 is 0 Å². The van der Waals surface area contributed by atoms with E-state index < -0.39 is 17.0 Å². The minimum absolute atomic E-state index is 0.182. The van der Waals surface area contributed by atoms with Crippen LogP contribution in [0.15, 0.2) is 48.8 Å². The van der Waals surface area contributed by atoms with Gasteiger partial charge in [-0.2, -0.15) is 0 Å². The second kappa shape index (κ2) is 7.31. The molecular weight excluding hydrogens is 364 g/mol. The van der Waals surface area contributed by atoms with Crippen LogP contribution < -0.4 is 0 Å². The van der Waals surface area contributed by atoms with Crippen LogP contribution in [-0.2, 0) is 6.42 Å². The molecule has 0 aliphatic carbocycles. The lowest BCUT2D eigenvalue weighted by Gasteiger charge is -2.41. The fraction of sp³-hybridized carbons (Fsp3) is 0.333. The third kappa shape index (κ3) is 3.49. The molecule has 1 N–H and O–H groups in total. The Kier molecular flexibility index (Phi) is 4.85. The van der Waals surface area contributed by atoms with Crippen LogP contribution in [0.25, 0.3) is 5.65 Å². The van der Waals surface area contributed by atoms with Crippen molar-refractivity contribution in [1.82, 2.24) is 14.3 Å². The fourth-order valence-corrected chi connectivity index (χ4v) is 3.98. The van der Waals surface area contributed by atoms with E-state index in [2.05, 4.69) is 4.98 Å². The number of nitrogens with zero attached hydrogens (tertiary/aromatic N) is 3. The van der Waals surface area contributed by atoms with Gasteiger partial charge in [0.15, 0.2) is 0 Å². The van der Waals surface area contributed by atoms with Crippen molar-refractivity contribution in [3.05, 3.63) is 71.7 Å². The van der Waals surface area contributed by atoms with Gasteiger partial charge in [-0.05, 0) is 43.0 Å². The van der Waals surface area contributed by atoms with Gasteiger partial charge in [0.25, 0.3) is 5.91 Å². The van der Waals surface area contributed by atoms with E-state index in [0.29, 0.717) is 42.8 Å². The lowest BCUT2D eigenvalue weighted by Crippen LogP contribution is -2.49. The minimum Gasteiger partial charge on any atom is -0.396 e. The molecule has 28 heavy (non-hydrogen) atoms. The number of aliphatic hydroxyl groups is 1. The minimum atomic E-state index is -0.661. The molecule has 1 amide bonds. The van der Waals surface area contributed by atoms with E-state index in [0.717, 1.165) is 6.07 Å². The Balaban J connectivity index is 1.56. The first-order valence-electron chi connectivity index (χ1n) is 9.27. The molecule has 1 atom stereocenters. The molecule has 7 heteroatoms. The zero-order valence-electron chi connectivity index (χ0n) is 15.3. The summed E-state index contributed by atoms with van der Waals surface area (Å²) in [5, 5.41) is 10.1. The lowest BCUT2D eigenvalue weighted by molar-refractivity contribution is 0.0265. The number of halogens is 2. The summed E-state index contributed by atoms with van der Waals surface area (Å²) in [6.45, 7) is 0.673. The Bertz CT molecular complexity index is 987. The molecule has 3 aromatic rings. The highest BCUT2D eigenvalue weighted by Gasteiger charge is 2.38. The van der Waals surface area contributed by atoms with Crippen molar-refractivity contribution in [1.29, 1.82) is 0 Å². The van der Waals surface area contributed by atoms with Gasteiger partial charge in [0.2, 0.25) is 0 Å². The number of aliphatic hydroxyl groups excluding tert-OH is 1.